The molecule has 0 atom stereocenters. The summed E-state index contributed by atoms with van der Waals surface area (Å²) in [5, 5.41) is 6.28. The van der Waals surface area contributed by atoms with E-state index < -0.39 is 0 Å². The van der Waals surface area contributed by atoms with E-state index in [0.717, 1.165) is 33.8 Å². The number of pyridine rings is 1. The van der Waals surface area contributed by atoms with Crippen LogP contribution in [0.5, 0.6) is 0 Å². The Morgan fingerprint density at radius 2 is 1.54 bits per heavy atom. The highest BCUT2D eigenvalue weighted by Gasteiger charge is 2.09. The molecule has 0 saturated carbocycles. The second-order valence-electron chi connectivity index (χ2n) is 6.74. The van der Waals surface area contributed by atoms with Crippen LogP contribution in [0.15, 0.2) is 54.9 Å². The number of nitrogens with one attached hydrogen (secondary N) is 2. The smallest absolute Gasteiger partial charge is 0.257 e. The molecule has 3 aromatic rings. The van der Waals surface area contributed by atoms with Crippen LogP contribution in [0.1, 0.15) is 32.6 Å². The van der Waals surface area contributed by atoms with Gasteiger partial charge < -0.3 is 10.6 Å². The fourth-order valence-electron chi connectivity index (χ4n) is 2.99. The number of hydrogen-bond donors (Lipinski definition) is 2. The molecule has 2 aromatic carbocycles. The van der Waals surface area contributed by atoms with Gasteiger partial charge in [-0.05, 0) is 68.7 Å². The molecule has 1 amide bonds. The fourth-order valence-corrected chi connectivity index (χ4v) is 2.99. The van der Waals surface area contributed by atoms with Crippen LogP contribution in [-0.2, 0) is 0 Å². The molecule has 26 heavy (non-hydrogen) atoms. The minimum absolute atomic E-state index is 0.174. The van der Waals surface area contributed by atoms with Gasteiger partial charge in [0.05, 0.1) is 17.4 Å². The average molecular weight is 345 g/mol. The van der Waals surface area contributed by atoms with Gasteiger partial charge in [-0.25, -0.2) is 0 Å². The van der Waals surface area contributed by atoms with E-state index in [0.29, 0.717) is 5.56 Å². The summed E-state index contributed by atoms with van der Waals surface area (Å²) in [5.74, 6) is -0.174. The molecular weight excluding hydrogens is 322 g/mol. The molecule has 0 aliphatic heterocycles. The van der Waals surface area contributed by atoms with E-state index in [1.54, 1.807) is 12.4 Å². The molecule has 0 bridgehead atoms. The quantitative estimate of drug-likeness (QED) is 0.673. The first-order chi connectivity index (χ1) is 12.4. The molecule has 0 aliphatic carbocycles. The Hall–Kier alpha value is -3.14. The maximum Gasteiger partial charge on any atom is 0.257 e. The third kappa shape index (κ3) is 4.28. The zero-order valence-corrected chi connectivity index (χ0v) is 15.6. The predicted octanol–water partition coefficient (Wildman–Crippen LogP) is 5.31. The molecule has 0 saturated heterocycles. The van der Waals surface area contributed by atoms with Gasteiger partial charge in [0.15, 0.2) is 0 Å². The van der Waals surface area contributed by atoms with Crippen LogP contribution < -0.4 is 10.6 Å². The highest BCUT2D eigenvalue weighted by molar-refractivity contribution is 6.04. The van der Waals surface area contributed by atoms with Crippen LogP contribution in [0, 0.1) is 27.7 Å². The number of amides is 1. The van der Waals surface area contributed by atoms with Crippen molar-refractivity contribution < 1.29 is 4.79 Å². The molecule has 0 spiro atoms. The predicted molar refractivity (Wildman–Crippen MR) is 107 cm³/mol. The summed E-state index contributed by atoms with van der Waals surface area (Å²) >= 11 is 0. The van der Waals surface area contributed by atoms with E-state index in [4.69, 9.17) is 0 Å². The molecular formula is C22H23N3O. The minimum Gasteiger partial charge on any atom is -0.354 e. The molecule has 0 radical (unpaired) electrons. The van der Waals surface area contributed by atoms with E-state index in [9.17, 15) is 4.79 Å². The third-order valence-corrected chi connectivity index (χ3v) is 4.14. The summed E-state index contributed by atoms with van der Waals surface area (Å²) < 4.78 is 0. The normalized spacial score (nSPS) is 10.5. The van der Waals surface area contributed by atoms with Gasteiger partial charge in [-0.2, -0.15) is 0 Å². The summed E-state index contributed by atoms with van der Waals surface area (Å²) in [6.45, 7) is 8.15. The van der Waals surface area contributed by atoms with Crippen LogP contribution in [0.2, 0.25) is 0 Å². The number of aromatic nitrogens is 1. The number of carbonyl (C=O) groups excluding carboxylic acids is 1. The zero-order chi connectivity index (χ0) is 18.7. The first kappa shape index (κ1) is 17.7. The number of anilines is 3. The summed E-state index contributed by atoms with van der Waals surface area (Å²) in [7, 11) is 0. The van der Waals surface area contributed by atoms with Crippen molar-refractivity contribution in [1.82, 2.24) is 4.98 Å². The monoisotopic (exact) mass is 345 g/mol. The van der Waals surface area contributed by atoms with Crippen molar-refractivity contribution in [3.63, 3.8) is 0 Å². The van der Waals surface area contributed by atoms with Gasteiger partial charge in [0.25, 0.3) is 5.91 Å². The van der Waals surface area contributed by atoms with Crippen molar-refractivity contribution >= 4 is 23.0 Å². The average Bonchev–Trinajstić information content (AvgIpc) is 2.57. The number of aryl methyl sites for hydroxylation is 4. The second kappa shape index (κ2) is 7.40. The minimum atomic E-state index is -0.174. The number of benzene rings is 2. The topological polar surface area (TPSA) is 54.0 Å². The van der Waals surface area contributed by atoms with Gasteiger partial charge in [-0.15, -0.1) is 0 Å². The highest BCUT2D eigenvalue weighted by Crippen LogP contribution is 2.22. The van der Waals surface area contributed by atoms with Crippen LogP contribution in [0.3, 0.4) is 0 Å². The number of rotatable bonds is 4. The molecule has 3 rings (SSSR count). The lowest BCUT2D eigenvalue weighted by Crippen LogP contribution is -2.12. The van der Waals surface area contributed by atoms with Gasteiger partial charge in [-0.1, -0.05) is 23.8 Å². The number of carbonyl (C=O) groups is 1. The second-order valence-corrected chi connectivity index (χ2v) is 6.74. The largest absolute Gasteiger partial charge is 0.354 e. The van der Waals surface area contributed by atoms with Gasteiger partial charge in [0.1, 0.15) is 0 Å². The van der Waals surface area contributed by atoms with E-state index in [-0.39, 0.29) is 5.91 Å². The highest BCUT2D eigenvalue weighted by atomic mass is 16.1. The lowest BCUT2D eigenvalue weighted by atomic mass is 10.1. The molecule has 4 nitrogen and oxygen atoms in total. The molecule has 4 heteroatoms. The Balaban J connectivity index is 1.78. The van der Waals surface area contributed by atoms with Crippen LogP contribution >= 0.6 is 0 Å². The maximum atomic E-state index is 12.6. The van der Waals surface area contributed by atoms with Crippen molar-refractivity contribution in [2.75, 3.05) is 10.6 Å². The van der Waals surface area contributed by atoms with Crippen molar-refractivity contribution in [2.24, 2.45) is 0 Å². The SMILES string of the molecule is Cc1cc(C)cc(NC(=O)c2cncc(Nc3ccc(C)cc3C)c2)c1. The number of hydrogen-bond acceptors (Lipinski definition) is 3. The first-order valence-electron chi connectivity index (χ1n) is 8.60. The molecule has 2 N–H and O–H groups in total. The Morgan fingerprint density at radius 3 is 2.23 bits per heavy atom. The lowest BCUT2D eigenvalue weighted by molar-refractivity contribution is 0.102. The van der Waals surface area contributed by atoms with Crippen molar-refractivity contribution in [3.8, 4) is 0 Å². The zero-order valence-electron chi connectivity index (χ0n) is 15.6. The Morgan fingerprint density at radius 1 is 0.808 bits per heavy atom. The summed E-state index contributed by atoms with van der Waals surface area (Å²) in [5.41, 5.74) is 7.68. The lowest BCUT2D eigenvalue weighted by Gasteiger charge is -2.12. The Bertz CT molecular complexity index is 943. The van der Waals surface area contributed by atoms with Crippen LogP contribution in [0.25, 0.3) is 0 Å². The molecule has 0 fully saturated rings. The van der Waals surface area contributed by atoms with E-state index >= 15 is 0 Å². The summed E-state index contributed by atoms with van der Waals surface area (Å²) in [6.07, 6.45) is 3.29. The molecule has 1 aromatic heterocycles. The molecule has 0 unspecified atom stereocenters. The molecule has 0 aliphatic rings. The van der Waals surface area contributed by atoms with Gasteiger partial charge in [0, 0.05) is 17.6 Å². The van der Waals surface area contributed by atoms with Crippen molar-refractivity contribution in [2.45, 2.75) is 27.7 Å². The van der Waals surface area contributed by atoms with E-state index in [1.807, 2.05) is 38.1 Å². The van der Waals surface area contributed by atoms with Crippen molar-refractivity contribution in [1.29, 1.82) is 0 Å². The van der Waals surface area contributed by atoms with Crippen molar-refractivity contribution in [3.05, 3.63) is 82.7 Å². The van der Waals surface area contributed by atoms with E-state index in [2.05, 4.69) is 47.7 Å². The Labute approximate surface area is 154 Å². The van der Waals surface area contributed by atoms with Gasteiger partial charge in [-0.3, -0.25) is 9.78 Å². The Kier molecular flexibility index (Phi) is 5.03. The molecule has 1 heterocycles. The van der Waals surface area contributed by atoms with Gasteiger partial charge in [0.2, 0.25) is 0 Å². The van der Waals surface area contributed by atoms with E-state index in [1.165, 1.54) is 5.56 Å². The number of nitrogens with zero attached hydrogens (tertiary/aromatic N) is 1. The summed E-state index contributed by atoms with van der Waals surface area (Å²) in [4.78, 5) is 16.8. The standard InChI is InChI=1S/C22H23N3O/c1-14-5-6-21(17(4)8-14)24-20-11-18(12-23-13-20)22(26)25-19-9-15(2)7-16(3)10-19/h5-13,24H,1-4H3,(H,25,26). The van der Waals surface area contributed by atoms with Gasteiger partial charge >= 0.3 is 0 Å². The summed E-state index contributed by atoms with van der Waals surface area (Å²) in [6, 6.07) is 14.0. The maximum absolute atomic E-state index is 12.6. The third-order valence-electron chi connectivity index (χ3n) is 4.14. The van der Waals surface area contributed by atoms with Crippen LogP contribution in [0.4, 0.5) is 17.1 Å². The fraction of sp³-hybridized carbons (Fsp3) is 0.182. The van der Waals surface area contributed by atoms with Crippen LogP contribution in [-0.4, -0.2) is 10.9 Å². The first-order valence-corrected chi connectivity index (χ1v) is 8.60. The molecule has 132 valence electrons.